The Hall–Kier alpha value is -3.02. The first-order valence-corrected chi connectivity index (χ1v) is 8.38. The lowest BCUT2D eigenvalue weighted by molar-refractivity contribution is 0.0474. The summed E-state index contributed by atoms with van der Waals surface area (Å²) >= 11 is 0. The maximum atomic E-state index is 12.5. The van der Waals surface area contributed by atoms with Gasteiger partial charge in [0.1, 0.15) is 5.82 Å². The summed E-state index contributed by atoms with van der Waals surface area (Å²) in [7, 11) is 0. The molecular formula is C20H21N3O3. The molecule has 0 amide bonds. The van der Waals surface area contributed by atoms with Gasteiger partial charge >= 0.3 is 5.97 Å². The van der Waals surface area contributed by atoms with Crippen LogP contribution in [0, 0.1) is 34.6 Å². The Labute approximate surface area is 151 Å². The number of hydrogen-bond acceptors (Lipinski definition) is 5. The van der Waals surface area contributed by atoms with Gasteiger partial charge in [-0.15, -0.1) is 10.2 Å². The average molecular weight is 351 g/mol. The van der Waals surface area contributed by atoms with Crippen molar-refractivity contribution >= 4 is 17.4 Å². The van der Waals surface area contributed by atoms with Crippen LogP contribution >= 0.6 is 0 Å². The number of Topliss-reactive ketones (excluding diaryl/α,β-unsaturated/α-hetero) is 1. The third kappa shape index (κ3) is 3.10. The SMILES string of the molecule is Cc1cc(C(=O)COC(=O)c2ccc3nnc(C)n3c2)c(C)c(C)c1C. The number of hydrogen-bond donors (Lipinski definition) is 0. The molecule has 26 heavy (non-hydrogen) atoms. The number of benzene rings is 1. The third-order valence-electron chi connectivity index (χ3n) is 4.92. The maximum Gasteiger partial charge on any atom is 0.340 e. The summed E-state index contributed by atoms with van der Waals surface area (Å²) in [5.74, 6) is -0.0814. The molecule has 134 valence electrons. The number of nitrogens with zero attached hydrogens (tertiary/aromatic N) is 3. The van der Waals surface area contributed by atoms with Crippen LogP contribution in [-0.2, 0) is 4.74 Å². The number of ketones is 1. The largest absolute Gasteiger partial charge is 0.454 e. The van der Waals surface area contributed by atoms with E-state index in [0.717, 1.165) is 16.7 Å². The minimum absolute atomic E-state index is 0.205. The Morgan fingerprint density at radius 3 is 2.46 bits per heavy atom. The van der Waals surface area contributed by atoms with E-state index in [2.05, 4.69) is 10.2 Å². The summed E-state index contributed by atoms with van der Waals surface area (Å²) in [5, 5.41) is 7.92. The predicted molar refractivity (Wildman–Crippen MR) is 97.7 cm³/mol. The van der Waals surface area contributed by atoms with Crippen LogP contribution in [0.15, 0.2) is 24.4 Å². The predicted octanol–water partition coefficient (Wildman–Crippen LogP) is 3.31. The van der Waals surface area contributed by atoms with Crippen molar-refractivity contribution in [1.82, 2.24) is 14.6 Å². The van der Waals surface area contributed by atoms with Gasteiger partial charge in [-0.3, -0.25) is 9.20 Å². The number of carbonyl (C=O) groups is 2. The van der Waals surface area contributed by atoms with E-state index in [-0.39, 0.29) is 12.4 Å². The molecule has 0 saturated heterocycles. The number of aromatic nitrogens is 3. The van der Waals surface area contributed by atoms with Crippen molar-refractivity contribution in [3.8, 4) is 0 Å². The molecule has 0 aliphatic carbocycles. The van der Waals surface area contributed by atoms with E-state index in [1.54, 1.807) is 29.7 Å². The highest BCUT2D eigenvalue weighted by Gasteiger charge is 2.17. The second-order valence-corrected chi connectivity index (χ2v) is 6.51. The van der Waals surface area contributed by atoms with Gasteiger partial charge in [0.2, 0.25) is 5.78 Å². The van der Waals surface area contributed by atoms with E-state index in [4.69, 9.17) is 4.74 Å². The van der Waals surface area contributed by atoms with Gasteiger partial charge in [-0.1, -0.05) is 0 Å². The van der Waals surface area contributed by atoms with Crippen LogP contribution in [-0.4, -0.2) is 33.0 Å². The summed E-state index contributed by atoms with van der Waals surface area (Å²) in [4.78, 5) is 24.8. The van der Waals surface area contributed by atoms with E-state index in [1.807, 2.05) is 33.8 Å². The van der Waals surface area contributed by atoms with Gasteiger partial charge in [0.15, 0.2) is 12.3 Å². The van der Waals surface area contributed by atoms with Crippen LogP contribution in [0.2, 0.25) is 0 Å². The molecule has 0 spiro atoms. The number of pyridine rings is 1. The van der Waals surface area contributed by atoms with Crippen LogP contribution in [0.1, 0.15) is 48.8 Å². The Bertz CT molecular complexity index is 1030. The van der Waals surface area contributed by atoms with Crippen molar-refractivity contribution in [3.63, 3.8) is 0 Å². The Morgan fingerprint density at radius 1 is 1.00 bits per heavy atom. The van der Waals surface area contributed by atoms with Gasteiger partial charge in [0, 0.05) is 11.8 Å². The van der Waals surface area contributed by atoms with Gasteiger partial charge in [0.05, 0.1) is 5.56 Å². The molecule has 0 N–H and O–H groups in total. The number of esters is 1. The molecule has 0 aliphatic heterocycles. The fourth-order valence-electron chi connectivity index (χ4n) is 2.92. The monoisotopic (exact) mass is 351 g/mol. The summed E-state index contributed by atoms with van der Waals surface area (Å²) in [6.07, 6.45) is 1.61. The quantitative estimate of drug-likeness (QED) is 0.532. The van der Waals surface area contributed by atoms with Crippen molar-refractivity contribution in [1.29, 1.82) is 0 Å². The second kappa shape index (κ2) is 6.71. The summed E-state index contributed by atoms with van der Waals surface area (Å²) in [6.45, 7) is 9.43. The van der Waals surface area contributed by atoms with Crippen LogP contribution in [0.25, 0.3) is 5.65 Å². The summed E-state index contributed by atoms with van der Waals surface area (Å²) in [6, 6.07) is 5.16. The molecule has 1 aromatic carbocycles. The van der Waals surface area contributed by atoms with Crippen molar-refractivity contribution in [2.75, 3.05) is 6.61 Å². The fraction of sp³-hybridized carbons (Fsp3) is 0.300. The van der Waals surface area contributed by atoms with E-state index in [0.29, 0.717) is 22.6 Å². The number of rotatable bonds is 4. The Balaban J connectivity index is 1.76. The van der Waals surface area contributed by atoms with Crippen molar-refractivity contribution < 1.29 is 14.3 Å². The van der Waals surface area contributed by atoms with Gasteiger partial charge in [-0.25, -0.2) is 4.79 Å². The molecule has 3 aromatic rings. The highest BCUT2D eigenvalue weighted by molar-refractivity contribution is 6.01. The second-order valence-electron chi connectivity index (χ2n) is 6.51. The molecule has 0 fully saturated rings. The molecule has 6 heteroatoms. The number of ether oxygens (including phenoxy) is 1. The Kier molecular flexibility index (Phi) is 4.59. The maximum absolute atomic E-state index is 12.5. The average Bonchev–Trinajstić information content (AvgIpc) is 3.01. The Morgan fingerprint density at radius 2 is 1.73 bits per heavy atom. The first-order chi connectivity index (χ1) is 12.3. The zero-order valence-corrected chi connectivity index (χ0v) is 15.6. The van der Waals surface area contributed by atoms with Gasteiger partial charge < -0.3 is 4.74 Å². The van der Waals surface area contributed by atoms with E-state index < -0.39 is 5.97 Å². The normalized spacial score (nSPS) is 11.0. The molecular weight excluding hydrogens is 330 g/mol. The topological polar surface area (TPSA) is 73.6 Å². The third-order valence-corrected chi connectivity index (χ3v) is 4.92. The molecule has 0 unspecified atom stereocenters. The van der Waals surface area contributed by atoms with Gasteiger partial charge in [0.25, 0.3) is 0 Å². The lowest BCUT2D eigenvalue weighted by atomic mass is 9.93. The molecule has 6 nitrogen and oxygen atoms in total. The van der Waals surface area contributed by atoms with Gasteiger partial charge in [-0.2, -0.15) is 0 Å². The number of carbonyl (C=O) groups excluding carboxylic acids is 2. The van der Waals surface area contributed by atoms with Crippen molar-refractivity contribution in [2.24, 2.45) is 0 Å². The highest BCUT2D eigenvalue weighted by atomic mass is 16.5. The minimum Gasteiger partial charge on any atom is -0.454 e. The molecule has 2 heterocycles. The fourth-order valence-corrected chi connectivity index (χ4v) is 2.92. The molecule has 2 aromatic heterocycles. The molecule has 0 atom stereocenters. The van der Waals surface area contributed by atoms with E-state index in [1.165, 1.54) is 5.56 Å². The highest BCUT2D eigenvalue weighted by Crippen LogP contribution is 2.21. The lowest BCUT2D eigenvalue weighted by Gasteiger charge is -2.13. The van der Waals surface area contributed by atoms with Crippen molar-refractivity contribution in [2.45, 2.75) is 34.6 Å². The summed E-state index contributed by atoms with van der Waals surface area (Å²) < 4.78 is 6.94. The van der Waals surface area contributed by atoms with Gasteiger partial charge in [-0.05, 0) is 75.1 Å². The first kappa shape index (κ1) is 17.8. The standard InChI is InChI=1S/C20H21N3O3/c1-11-8-17(14(4)13(3)12(11)2)18(24)10-26-20(25)16-6-7-19-22-21-15(5)23(19)9-16/h6-9H,10H2,1-5H3. The molecule has 0 saturated carbocycles. The van der Waals surface area contributed by atoms with E-state index >= 15 is 0 Å². The number of aryl methyl sites for hydroxylation is 2. The van der Waals surface area contributed by atoms with Crippen LogP contribution in [0.3, 0.4) is 0 Å². The zero-order chi connectivity index (χ0) is 19.0. The minimum atomic E-state index is -0.549. The lowest BCUT2D eigenvalue weighted by Crippen LogP contribution is -2.16. The molecule has 0 aliphatic rings. The van der Waals surface area contributed by atoms with Crippen LogP contribution in [0.4, 0.5) is 0 Å². The number of fused-ring (bicyclic) bond motifs is 1. The van der Waals surface area contributed by atoms with E-state index in [9.17, 15) is 9.59 Å². The van der Waals surface area contributed by atoms with Crippen LogP contribution in [0.5, 0.6) is 0 Å². The smallest absolute Gasteiger partial charge is 0.340 e. The first-order valence-electron chi connectivity index (χ1n) is 8.38. The summed E-state index contributed by atoms with van der Waals surface area (Å²) in [5.41, 5.74) is 5.84. The molecule has 0 radical (unpaired) electrons. The molecule has 0 bridgehead atoms. The zero-order valence-electron chi connectivity index (χ0n) is 15.6. The van der Waals surface area contributed by atoms with Crippen LogP contribution < -0.4 is 0 Å². The molecule has 3 rings (SSSR count). The van der Waals surface area contributed by atoms with Crippen molar-refractivity contribution in [3.05, 3.63) is 63.6 Å².